The molecule has 2 rings (SSSR count). The van der Waals surface area contributed by atoms with E-state index < -0.39 is 5.79 Å². The van der Waals surface area contributed by atoms with Crippen LogP contribution >= 0.6 is 0 Å². The summed E-state index contributed by atoms with van der Waals surface area (Å²) >= 11 is 0. The molecule has 2 aliphatic rings. The van der Waals surface area contributed by atoms with Crippen LogP contribution in [0.4, 0.5) is 0 Å². The summed E-state index contributed by atoms with van der Waals surface area (Å²) in [5.41, 5.74) is 0. The fraction of sp³-hybridized carbons (Fsp3) is 1.00. The van der Waals surface area contributed by atoms with E-state index in [9.17, 15) is 5.11 Å². The van der Waals surface area contributed by atoms with E-state index in [0.29, 0.717) is 6.61 Å². The van der Waals surface area contributed by atoms with Crippen molar-refractivity contribution in [3.8, 4) is 0 Å². The molecule has 2 fully saturated rings. The van der Waals surface area contributed by atoms with Crippen LogP contribution < -0.4 is 0 Å². The Bertz CT molecular complexity index is 160. The molecule has 0 amide bonds. The monoisotopic (exact) mass is 172 g/mol. The van der Waals surface area contributed by atoms with Crippen LogP contribution in [0.3, 0.4) is 0 Å². The molecule has 0 bridgehead atoms. The second-order valence-electron chi connectivity index (χ2n) is 3.65. The van der Waals surface area contributed by atoms with Crippen molar-refractivity contribution in [2.24, 2.45) is 0 Å². The van der Waals surface area contributed by atoms with Gasteiger partial charge in [-0.05, 0) is 25.7 Å². The fourth-order valence-corrected chi connectivity index (χ4v) is 1.98. The summed E-state index contributed by atoms with van der Waals surface area (Å²) in [4.78, 5) is 0. The van der Waals surface area contributed by atoms with Crippen molar-refractivity contribution < 1.29 is 14.6 Å². The Morgan fingerprint density at radius 3 is 2.92 bits per heavy atom. The van der Waals surface area contributed by atoms with Gasteiger partial charge in [0.05, 0.1) is 6.61 Å². The average molecular weight is 172 g/mol. The summed E-state index contributed by atoms with van der Waals surface area (Å²) in [5, 5.41) is 9.97. The fourth-order valence-electron chi connectivity index (χ4n) is 1.98. The zero-order valence-corrected chi connectivity index (χ0v) is 7.29. The first kappa shape index (κ1) is 8.48. The van der Waals surface area contributed by atoms with Crippen molar-refractivity contribution >= 4 is 0 Å². The van der Waals surface area contributed by atoms with Crippen LogP contribution in [-0.4, -0.2) is 30.2 Å². The third-order valence-electron chi connectivity index (χ3n) is 2.71. The molecule has 1 aliphatic carbocycles. The summed E-state index contributed by atoms with van der Waals surface area (Å²) in [6.07, 6.45) is 4.66. The van der Waals surface area contributed by atoms with Crippen molar-refractivity contribution in [2.75, 3.05) is 13.2 Å². The lowest BCUT2D eigenvalue weighted by Crippen LogP contribution is -2.43. The molecule has 2 atom stereocenters. The zero-order chi connectivity index (χ0) is 8.44. The number of fused-ring (bicyclic) bond motifs is 1. The molecule has 1 aliphatic heterocycles. The summed E-state index contributed by atoms with van der Waals surface area (Å²) in [7, 11) is 0. The SMILES string of the molecule is OC12CCCC1OCCCCO2. The van der Waals surface area contributed by atoms with Crippen LogP contribution in [0.2, 0.25) is 0 Å². The lowest BCUT2D eigenvalue weighted by Gasteiger charge is -2.31. The molecule has 0 radical (unpaired) electrons. The van der Waals surface area contributed by atoms with Crippen molar-refractivity contribution in [1.82, 2.24) is 0 Å². The van der Waals surface area contributed by atoms with Crippen molar-refractivity contribution in [1.29, 1.82) is 0 Å². The highest BCUT2D eigenvalue weighted by molar-refractivity contribution is 4.86. The van der Waals surface area contributed by atoms with E-state index >= 15 is 0 Å². The Morgan fingerprint density at radius 2 is 2.00 bits per heavy atom. The number of aliphatic hydroxyl groups is 1. The summed E-state index contributed by atoms with van der Waals surface area (Å²) < 4.78 is 11.0. The highest BCUT2D eigenvalue weighted by Gasteiger charge is 2.43. The Labute approximate surface area is 72.7 Å². The number of rotatable bonds is 0. The molecule has 1 heterocycles. The molecular formula is C9H16O3. The van der Waals surface area contributed by atoms with Crippen molar-refractivity contribution in [2.45, 2.75) is 44.0 Å². The first-order valence-electron chi connectivity index (χ1n) is 4.79. The minimum atomic E-state index is -0.958. The maximum absolute atomic E-state index is 9.97. The predicted molar refractivity (Wildman–Crippen MR) is 43.7 cm³/mol. The van der Waals surface area contributed by atoms with Gasteiger partial charge in [-0.3, -0.25) is 0 Å². The van der Waals surface area contributed by atoms with Crippen LogP contribution in [0, 0.1) is 0 Å². The topological polar surface area (TPSA) is 38.7 Å². The molecule has 1 saturated carbocycles. The van der Waals surface area contributed by atoms with Gasteiger partial charge >= 0.3 is 0 Å². The van der Waals surface area contributed by atoms with E-state index in [-0.39, 0.29) is 6.10 Å². The molecule has 0 aromatic carbocycles. The minimum absolute atomic E-state index is 0.0715. The van der Waals surface area contributed by atoms with Gasteiger partial charge in [0, 0.05) is 13.0 Å². The molecule has 2 unspecified atom stereocenters. The lowest BCUT2D eigenvalue weighted by molar-refractivity contribution is -0.261. The number of ether oxygens (including phenoxy) is 2. The molecule has 12 heavy (non-hydrogen) atoms. The molecule has 0 aromatic rings. The van der Waals surface area contributed by atoms with Gasteiger partial charge in [0.15, 0.2) is 5.79 Å². The Balaban J connectivity index is 2.02. The molecular weight excluding hydrogens is 156 g/mol. The van der Waals surface area contributed by atoms with Crippen molar-refractivity contribution in [3.63, 3.8) is 0 Å². The average Bonchev–Trinajstić information content (AvgIpc) is 2.34. The van der Waals surface area contributed by atoms with E-state index in [2.05, 4.69) is 0 Å². The van der Waals surface area contributed by atoms with Crippen LogP contribution in [0.1, 0.15) is 32.1 Å². The van der Waals surface area contributed by atoms with Gasteiger partial charge in [-0.1, -0.05) is 0 Å². The molecule has 3 heteroatoms. The van der Waals surface area contributed by atoms with Crippen LogP contribution in [-0.2, 0) is 9.47 Å². The van der Waals surface area contributed by atoms with Crippen LogP contribution in [0.5, 0.6) is 0 Å². The van der Waals surface area contributed by atoms with Crippen molar-refractivity contribution in [3.05, 3.63) is 0 Å². The molecule has 0 spiro atoms. The summed E-state index contributed by atoms with van der Waals surface area (Å²) in [6.45, 7) is 1.45. The van der Waals surface area contributed by atoms with E-state index in [4.69, 9.17) is 9.47 Å². The van der Waals surface area contributed by atoms with E-state index in [0.717, 1.165) is 38.7 Å². The normalized spacial score (nSPS) is 43.2. The van der Waals surface area contributed by atoms with Gasteiger partial charge < -0.3 is 14.6 Å². The van der Waals surface area contributed by atoms with Crippen LogP contribution in [0.25, 0.3) is 0 Å². The zero-order valence-electron chi connectivity index (χ0n) is 7.29. The number of hydrogen-bond acceptors (Lipinski definition) is 3. The third kappa shape index (κ3) is 1.49. The first-order chi connectivity index (χ1) is 5.81. The molecule has 0 aromatic heterocycles. The molecule has 3 nitrogen and oxygen atoms in total. The molecule has 1 saturated heterocycles. The third-order valence-corrected chi connectivity index (χ3v) is 2.71. The van der Waals surface area contributed by atoms with Crippen LogP contribution in [0.15, 0.2) is 0 Å². The van der Waals surface area contributed by atoms with Gasteiger partial charge in [0.2, 0.25) is 0 Å². The molecule has 70 valence electrons. The summed E-state index contributed by atoms with van der Waals surface area (Å²) in [5.74, 6) is -0.958. The maximum atomic E-state index is 9.97. The molecule has 1 N–H and O–H groups in total. The Morgan fingerprint density at radius 1 is 1.17 bits per heavy atom. The second kappa shape index (κ2) is 3.32. The van der Waals surface area contributed by atoms with Gasteiger partial charge in [-0.2, -0.15) is 0 Å². The smallest absolute Gasteiger partial charge is 0.192 e. The van der Waals surface area contributed by atoms with Gasteiger partial charge in [0.25, 0.3) is 0 Å². The second-order valence-corrected chi connectivity index (χ2v) is 3.65. The minimum Gasteiger partial charge on any atom is -0.373 e. The predicted octanol–water partition coefficient (Wildman–Crippen LogP) is 1.05. The van der Waals surface area contributed by atoms with E-state index in [1.165, 1.54) is 0 Å². The lowest BCUT2D eigenvalue weighted by atomic mass is 10.2. The highest BCUT2D eigenvalue weighted by atomic mass is 16.7. The summed E-state index contributed by atoms with van der Waals surface area (Å²) in [6, 6.07) is 0. The highest BCUT2D eigenvalue weighted by Crippen LogP contribution is 2.34. The first-order valence-corrected chi connectivity index (χ1v) is 4.79. The van der Waals surface area contributed by atoms with Gasteiger partial charge in [0.1, 0.15) is 6.10 Å². The Kier molecular flexibility index (Phi) is 2.35. The van der Waals surface area contributed by atoms with Gasteiger partial charge in [-0.15, -0.1) is 0 Å². The van der Waals surface area contributed by atoms with E-state index in [1.807, 2.05) is 0 Å². The van der Waals surface area contributed by atoms with E-state index in [1.54, 1.807) is 0 Å². The largest absolute Gasteiger partial charge is 0.373 e. The standard InChI is InChI=1S/C9H16O3/c10-9-5-3-4-8(9)11-6-1-2-7-12-9/h8,10H,1-7H2. The number of hydrogen-bond donors (Lipinski definition) is 1. The Hall–Kier alpha value is -0.120. The van der Waals surface area contributed by atoms with Gasteiger partial charge in [-0.25, -0.2) is 0 Å². The maximum Gasteiger partial charge on any atom is 0.192 e. The quantitative estimate of drug-likeness (QED) is 0.593.